The second-order valence-corrected chi connectivity index (χ2v) is 6.45. The van der Waals surface area contributed by atoms with E-state index in [1.165, 1.54) is 11.1 Å². The Morgan fingerprint density at radius 2 is 0.850 bits per heavy atom. The molecular formula is C20H24. The average molecular weight is 264 g/mol. The zero-order valence-corrected chi connectivity index (χ0v) is 12.7. The first-order valence-electron chi connectivity index (χ1n) is 7.80. The van der Waals surface area contributed by atoms with E-state index < -0.39 is 0 Å². The van der Waals surface area contributed by atoms with Crippen molar-refractivity contribution in [2.24, 2.45) is 17.8 Å². The molecule has 0 spiro atoms. The smallest absolute Gasteiger partial charge is 0.00621 e. The van der Waals surface area contributed by atoms with Crippen LogP contribution in [0.4, 0.5) is 0 Å². The average Bonchev–Trinajstić information content (AvgIpc) is 2.73. The van der Waals surface area contributed by atoms with Crippen molar-refractivity contribution in [2.45, 2.75) is 32.6 Å². The van der Waals surface area contributed by atoms with Gasteiger partial charge in [0.2, 0.25) is 0 Å². The van der Waals surface area contributed by atoms with Crippen LogP contribution in [0.15, 0.2) is 60.7 Å². The summed E-state index contributed by atoms with van der Waals surface area (Å²) in [6, 6.07) is 22.2. The first-order chi connectivity index (χ1) is 9.70. The Morgan fingerprint density at radius 3 is 1.20 bits per heavy atom. The molecule has 4 atom stereocenters. The molecule has 0 N–H and O–H groups in total. The minimum atomic E-state index is 0.642. The Balaban J connectivity index is 2.05. The molecule has 4 unspecified atom stereocenters. The molecule has 3 rings (SSSR count). The molecule has 1 fully saturated rings. The van der Waals surface area contributed by atoms with E-state index >= 15 is 0 Å². The van der Waals surface area contributed by atoms with Gasteiger partial charge in [0.05, 0.1) is 0 Å². The summed E-state index contributed by atoms with van der Waals surface area (Å²) in [6.45, 7) is 7.29. The van der Waals surface area contributed by atoms with Crippen LogP contribution in [0.25, 0.3) is 0 Å². The molecule has 0 bridgehead atoms. The summed E-state index contributed by atoms with van der Waals surface area (Å²) < 4.78 is 0. The highest BCUT2D eigenvalue weighted by Crippen LogP contribution is 2.55. The van der Waals surface area contributed by atoms with Crippen LogP contribution in [0.2, 0.25) is 0 Å². The summed E-state index contributed by atoms with van der Waals surface area (Å²) in [5.74, 6) is 3.52. The van der Waals surface area contributed by atoms with Crippen molar-refractivity contribution in [3.63, 3.8) is 0 Å². The first-order valence-corrected chi connectivity index (χ1v) is 7.80. The Hall–Kier alpha value is -1.56. The lowest BCUT2D eigenvalue weighted by Gasteiger charge is -2.25. The van der Waals surface area contributed by atoms with Crippen LogP contribution in [-0.2, 0) is 0 Å². The maximum absolute atomic E-state index is 2.43. The van der Waals surface area contributed by atoms with Crippen molar-refractivity contribution in [1.82, 2.24) is 0 Å². The third kappa shape index (κ3) is 2.18. The predicted molar refractivity (Wildman–Crippen MR) is 85.9 cm³/mol. The van der Waals surface area contributed by atoms with E-state index in [1.54, 1.807) is 0 Å². The molecule has 0 radical (unpaired) electrons. The molecule has 1 saturated carbocycles. The largest absolute Gasteiger partial charge is 0.0622 e. The molecule has 0 aromatic heterocycles. The van der Waals surface area contributed by atoms with E-state index in [9.17, 15) is 0 Å². The molecule has 0 amide bonds. The Labute approximate surface area is 122 Å². The minimum Gasteiger partial charge on any atom is -0.0622 e. The molecule has 0 aliphatic heterocycles. The zero-order valence-electron chi connectivity index (χ0n) is 12.7. The Morgan fingerprint density at radius 1 is 0.500 bits per heavy atom. The van der Waals surface area contributed by atoms with Crippen LogP contribution in [0.5, 0.6) is 0 Å². The summed E-state index contributed by atoms with van der Waals surface area (Å²) in [5, 5.41) is 0. The molecule has 0 nitrogen and oxygen atoms in total. The van der Waals surface area contributed by atoms with Gasteiger partial charge in [0.25, 0.3) is 0 Å². The lowest BCUT2D eigenvalue weighted by molar-refractivity contribution is 0.365. The number of hydrogen-bond donors (Lipinski definition) is 0. The monoisotopic (exact) mass is 264 g/mol. The van der Waals surface area contributed by atoms with Crippen molar-refractivity contribution in [3.8, 4) is 0 Å². The second-order valence-electron chi connectivity index (χ2n) is 6.45. The molecular weight excluding hydrogens is 240 g/mol. The maximum Gasteiger partial charge on any atom is -0.00621 e. The lowest BCUT2D eigenvalue weighted by Crippen LogP contribution is -2.12. The van der Waals surface area contributed by atoms with Gasteiger partial charge in [-0.05, 0) is 40.7 Å². The summed E-state index contributed by atoms with van der Waals surface area (Å²) in [7, 11) is 0. The summed E-state index contributed by atoms with van der Waals surface area (Å²) in [4.78, 5) is 0. The third-order valence-corrected chi connectivity index (χ3v) is 5.55. The molecule has 104 valence electrons. The van der Waals surface area contributed by atoms with Crippen LogP contribution in [0.1, 0.15) is 43.7 Å². The van der Waals surface area contributed by atoms with Crippen LogP contribution in [-0.4, -0.2) is 0 Å². The number of hydrogen-bond acceptors (Lipinski definition) is 0. The highest BCUT2D eigenvalue weighted by molar-refractivity contribution is 5.32. The van der Waals surface area contributed by atoms with Gasteiger partial charge in [0, 0.05) is 0 Å². The quantitative estimate of drug-likeness (QED) is 0.674. The molecule has 1 aliphatic rings. The van der Waals surface area contributed by atoms with Gasteiger partial charge in [-0.25, -0.2) is 0 Å². The topological polar surface area (TPSA) is 0 Å². The number of benzene rings is 2. The van der Waals surface area contributed by atoms with Crippen LogP contribution < -0.4 is 0 Å². The summed E-state index contributed by atoms with van der Waals surface area (Å²) >= 11 is 0. The molecule has 0 heteroatoms. The molecule has 2 aromatic carbocycles. The Bertz CT molecular complexity index is 491. The summed E-state index contributed by atoms with van der Waals surface area (Å²) in [6.07, 6.45) is 0. The molecule has 1 aliphatic carbocycles. The van der Waals surface area contributed by atoms with Crippen molar-refractivity contribution < 1.29 is 0 Å². The fourth-order valence-corrected chi connectivity index (χ4v) is 4.16. The highest BCUT2D eigenvalue weighted by Gasteiger charge is 2.44. The normalized spacial score (nSPS) is 33.2. The molecule has 0 saturated heterocycles. The van der Waals surface area contributed by atoms with Crippen LogP contribution in [0, 0.1) is 17.8 Å². The second kappa shape index (κ2) is 5.44. The third-order valence-electron chi connectivity index (χ3n) is 5.55. The van der Waals surface area contributed by atoms with Gasteiger partial charge >= 0.3 is 0 Å². The fourth-order valence-electron chi connectivity index (χ4n) is 4.16. The van der Waals surface area contributed by atoms with Gasteiger partial charge in [-0.15, -0.1) is 0 Å². The van der Waals surface area contributed by atoms with Gasteiger partial charge in [-0.2, -0.15) is 0 Å². The minimum absolute atomic E-state index is 0.642. The van der Waals surface area contributed by atoms with Crippen molar-refractivity contribution in [3.05, 3.63) is 71.8 Å². The standard InChI is InChI=1S/C20H24/c1-14-15(2)19(17-10-6-4-7-11-17)20(16(14)3)18-12-8-5-9-13-18/h4-16,19-20H,1-3H3. The van der Waals surface area contributed by atoms with E-state index in [0.29, 0.717) is 11.8 Å². The lowest BCUT2D eigenvalue weighted by atomic mass is 9.78. The van der Waals surface area contributed by atoms with Crippen molar-refractivity contribution in [2.75, 3.05) is 0 Å². The van der Waals surface area contributed by atoms with Crippen molar-refractivity contribution in [1.29, 1.82) is 0 Å². The van der Waals surface area contributed by atoms with E-state index in [4.69, 9.17) is 0 Å². The van der Waals surface area contributed by atoms with Gasteiger partial charge in [-0.1, -0.05) is 81.4 Å². The zero-order chi connectivity index (χ0) is 14.1. The van der Waals surface area contributed by atoms with Crippen LogP contribution >= 0.6 is 0 Å². The summed E-state index contributed by atoms with van der Waals surface area (Å²) in [5.41, 5.74) is 3.01. The first kappa shape index (κ1) is 13.4. The Kier molecular flexibility index (Phi) is 3.65. The van der Waals surface area contributed by atoms with E-state index in [0.717, 1.165) is 17.8 Å². The maximum atomic E-state index is 2.43. The van der Waals surface area contributed by atoms with Gasteiger partial charge in [-0.3, -0.25) is 0 Å². The molecule has 2 aromatic rings. The van der Waals surface area contributed by atoms with Crippen LogP contribution in [0.3, 0.4) is 0 Å². The highest BCUT2D eigenvalue weighted by atomic mass is 14.5. The van der Waals surface area contributed by atoms with Gasteiger partial charge < -0.3 is 0 Å². The molecule has 20 heavy (non-hydrogen) atoms. The predicted octanol–water partition coefficient (Wildman–Crippen LogP) is 5.48. The van der Waals surface area contributed by atoms with Gasteiger partial charge in [0.1, 0.15) is 0 Å². The number of rotatable bonds is 2. The SMILES string of the molecule is CC1C(C)C(c2ccccc2)C(c2ccccc2)C1C. The fraction of sp³-hybridized carbons (Fsp3) is 0.400. The van der Waals surface area contributed by atoms with E-state index in [-0.39, 0.29) is 0 Å². The van der Waals surface area contributed by atoms with E-state index in [2.05, 4.69) is 81.4 Å². The van der Waals surface area contributed by atoms with Crippen molar-refractivity contribution >= 4 is 0 Å². The molecule has 0 heterocycles. The van der Waals surface area contributed by atoms with Gasteiger partial charge in [0.15, 0.2) is 0 Å². The van der Waals surface area contributed by atoms with E-state index in [1.807, 2.05) is 0 Å².